The maximum absolute atomic E-state index is 13.0. The van der Waals surface area contributed by atoms with Crippen LogP contribution in [0.2, 0.25) is 5.02 Å². The predicted molar refractivity (Wildman–Crippen MR) is 111 cm³/mol. The van der Waals surface area contributed by atoms with Crippen molar-refractivity contribution in [3.8, 4) is 0 Å². The molecule has 4 rings (SSSR count). The molecule has 1 aromatic carbocycles. The van der Waals surface area contributed by atoms with Crippen molar-refractivity contribution >= 4 is 35.1 Å². The van der Waals surface area contributed by atoms with Crippen molar-refractivity contribution in [2.24, 2.45) is 11.8 Å². The highest BCUT2D eigenvalue weighted by atomic mass is 35.5. The Morgan fingerprint density at radius 1 is 1.14 bits per heavy atom. The SMILES string of the molecule is CCN1C(=O)[C@H]2CN(C(C)=O)C[C@H]2C12CCN(C(=O)Nc1ccc(Cl)cc1)CC2. The number of carbonyl (C=O) groups excluding carboxylic acids is 3. The summed E-state index contributed by atoms with van der Waals surface area (Å²) in [6.07, 6.45) is 1.49. The third-order valence-corrected chi connectivity index (χ3v) is 7.16. The lowest BCUT2D eigenvalue weighted by molar-refractivity contribution is -0.136. The molecule has 0 bridgehead atoms. The number of fused-ring (bicyclic) bond motifs is 2. The molecule has 3 aliphatic heterocycles. The second kappa shape index (κ2) is 7.52. The van der Waals surface area contributed by atoms with E-state index in [0.717, 1.165) is 12.8 Å². The van der Waals surface area contributed by atoms with Gasteiger partial charge in [0.2, 0.25) is 11.8 Å². The maximum atomic E-state index is 13.0. The van der Waals surface area contributed by atoms with Gasteiger partial charge in [0.05, 0.1) is 11.5 Å². The van der Waals surface area contributed by atoms with Crippen LogP contribution in [0.5, 0.6) is 0 Å². The zero-order chi connectivity index (χ0) is 20.8. The van der Waals surface area contributed by atoms with E-state index < -0.39 is 0 Å². The van der Waals surface area contributed by atoms with Gasteiger partial charge in [-0.25, -0.2) is 4.79 Å². The smallest absolute Gasteiger partial charge is 0.321 e. The lowest BCUT2D eigenvalue weighted by Gasteiger charge is -2.47. The Bertz CT molecular complexity index is 820. The molecule has 4 amide bonds. The van der Waals surface area contributed by atoms with E-state index in [1.54, 1.807) is 31.2 Å². The number of carbonyl (C=O) groups is 3. The molecule has 0 aromatic heterocycles. The summed E-state index contributed by atoms with van der Waals surface area (Å²) in [5.74, 6) is 0.249. The summed E-state index contributed by atoms with van der Waals surface area (Å²) in [4.78, 5) is 43.2. The third kappa shape index (κ3) is 3.35. The van der Waals surface area contributed by atoms with Crippen LogP contribution in [0.4, 0.5) is 10.5 Å². The van der Waals surface area contributed by atoms with Crippen LogP contribution < -0.4 is 5.32 Å². The summed E-state index contributed by atoms with van der Waals surface area (Å²) in [7, 11) is 0. The Labute approximate surface area is 176 Å². The van der Waals surface area contributed by atoms with E-state index in [2.05, 4.69) is 5.32 Å². The van der Waals surface area contributed by atoms with E-state index in [4.69, 9.17) is 11.6 Å². The largest absolute Gasteiger partial charge is 0.342 e. The van der Waals surface area contributed by atoms with E-state index >= 15 is 0 Å². The van der Waals surface area contributed by atoms with Crippen LogP contribution >= 0.6 is 11.6 Å². The molecule has 8 heteroatoms. The van der Waals surface area contributed by atoms with Gasteiger partial charge in [0.15, 0.2) is 0 Å². The molecule has 7 nitrogen and oxygen atoms in total. The minimum atomic E-state index is -0.252. The van der Waals surface area contributed by atoms with E-state index in [-0.39, 0.29) is 35.2 Å². The minimum absolute atomic E-state index is 0.0326. The first-order valence-electron chi connectivity index (χ1n) is 10.2. The first-order valence-corrected chi connectivity index (χ1v) is 10.6. The number of piperidine rings is 1. The van der Waals surface area contributed by atoms with Gasteiger partial charge in [0, 0.05) is 56.3 Å². The van der Waals surface area contributed by atoms with Crippen molar-refractivity contribution in [2.45, 2.75) is 32.2 Å². The van der Waals surface area contributed by atoms with Crippen LogP contribution in [0, 0.1) is 11.8 Å². The van der Waals surface area contributed by atoms with Crippen LogP contribution in [0.3, 0.4) is 0 Å². The summed E-state index contributed by atoms with van der Waals surface area (Å²) >= 11 is 5.90. The molecule has 3 aliphatic rings. The predicted octanol–water partition coefficient (Wildman–Crippen LogP) is 2.66. The Balaban J connectivity index is 1.46. The third-order valence-electron chi connectivity index (χ3n) is 6.90. The van der Waals surface area contributed by atoms with E-state index in [1.807, 2.05) is 21.6 Å². The molecule has 1 spiro atoms. The quantitative estimate of drug-likeness (QED) is 0.802. The van der Waals surface area contributed by atoms with Gasteiger partial charge in [-0.2, -0.15) is 0 Å². The molecule has 0 saturated carbocycles. The number of nitrogens with one attached hydrogen (secondary N) is 1. The fourth-order valence-corrected chi connectivity index (χ4v) is 5.55. The van der Waals surface area contributed by atoms with Gasteiger partial charge in [-0.3, -0.25) is 9.59 Å². The van der Waals surface area contributed by atoms with Gasteiger partial charge in [0.1, 0.15) is 0 Å². The number of hydrogen-bond acceptors (Lipinski definition) is 3. The Hall–Kier alpha value is -2.28. The number of rotatable bonds is 2. The number of likely N-dealkylation sites (tertiary alicyclic amines) is 3. The van der Waals surface area contributed by atoms with E-state index in [0.29, 0.717) is 43.4 Å². The van der Waals surface area contributed by atoms with Crippen LogP contribution in [0.25, 0.3) is 0 Å². The lowest BCUT2D eigenvalue weighted by atomic mass is 9.75. The number of benzene rings is 1. The average molecular weight is 419 g/mol. The lowest BCUT2D eigenvalue weighted by Crippen LogP contribution is -2.58. The first kappa shape index (κ1) is 20.0. The normalized spacial score (nSPS) is 25.5. The zero-order valence-corrected chi connectivity index (χ0v) is 17.6. The first-order chi connectivity index (χ1) is 13.9. The second-order valence-corrected chi connectivity index (χ2v) is 8.68. The summed E-state index contributed by atoms with van der Waals surface area (Å²) in [5.41, 5.74) is 0.455. The highest BCUT2D eigenvalue weighted by molar-refractivity contribution is 6.30. The van der Waals surface area contributed by atoms with Crippen molar-refractivity contribution in [2.75, 3.05) is 38.0 Å². The van der Waals surface area contributed by atoms with Crippen LogP contribution in [-0.4, -0.2) is 70.8 Å². The summed E-state index contributed by atoms with van der Waals surface area (Å²) in [6.45, 7) is 6.60. The highest BCUT2D eigenvalue weighted by Gasteiger charge is 2.61. The summed E-state index contributed by atoms with van der Waals surface area (Å²) in [6, 6.07) is 6.90. The Morgan fingerprint density at radius 3 is 2.38 bits per heavy atom. The van der Waals surface area contributed by atoms with Gasteiger partial charge >= 0.3 is 6.03 Å². The van der Waals surface area contributed by atoms with Crippen LogP contribution in [0.1, 0.15) is 26.7 Å². The highest BCUT2D eigenvalue weighted by Crippen LogP contribution is 2.49. The van der Waals surface area contributed by atoms with Crippen molar-refractivity contribution in [3.05, 3.63) is 29.3 Å². The molecule has 29 heavy (non-hydrogen) atoms. The van der Waals surface area contributed by atoms with Crippen molar-refractivity contribution < 1.29 is 14.4 Å². The molecule has 0 unspecified atom stereocenters. The number of halogens is 1. The molecule has 2 atom stereocenters. The fourth-order valence-electron chi connectivity index (χ4n) is 5.42. The number of anilines is 1. The standard InChI is InChI=1S/C21H27ClN4O3/c1-3-26-19(28)17-12-25(14(2)27)13-18(17)21(26)8-10-24(11-9-21)20(29)23-16-6-4-15(22)5-7-16/h4-7,17-18H,3,8-13H2,1-2H3,(H,23,29)/t17-,18+/m0/s1. The fraction of sp³-hybridized carbons (Fsp3) is 0.571. The monoisotopic (exact) mass is 418 g/mol. The molecule has 3 fully saturated rings. The molecule has 156 valence electrons. The average Bonchev–Trinajstić information content (AvgIpc) is 3.24. The van der Waals surface area contributed by atoms with E-state index in [1.165, 1.54) is 0 Å². The molecule has 3 heterocycles. The van der Waals surface area contributed by atoms with Gasteiger partial charge in [-0.15, -0.1) is 0 Å². The van der Waals surface area contributed by atoms with Gasteiger partial charge < -0.3 is 20.0 Å². The second-order valence-electron chi connectivity index (χ2n) is 8.25. The molecular weight excluding hydrogens is 392 g/mol. The number of hydrogen-bond donors (Lipinski definition) is 1. The number of urea groups is 1. The molecule has 1 aromatic rings. The van der Waals surface area contributed by atoms with Crippen molar-refractivity contribution in [1.29, 1.82) is 0 Å². The molecule has 0 aliphatic carbocycles. The zero-order valence-electron chi connectivity index (χ0n) is 16.9. The molecule has 1 N–H and O–H groups in total. The molecular formula is C21H27ClN4O3. The molecule has 3 saturated heterocycles. The van der Waals surface area contributed by atoms with Gasteiger partial charge in [0.25, 0.3) is 0 Å². The van der Waals surface area contributed by atoms with Gasteiger partial charge in [-0.05, 0) is 44.0 Å². The Morgan fingerprint density at radius 2 is 1.79 bits per heavy atom. The van der Waals surface area contributed by atoms with E-state index in [9.17, 15) is 14.4 Å². The van der Waals surface area contributed by atoms with Crippen LogP contribution in [0.15, 0.2) is 24.3 Å². The topological polar surface area (TPSA) is 73.0 Å². The van der Waals surface area contributed by atoms with Gasteiger partial charge in [-0.1, -0.05) is 11.6 Å². The minimum Gasteiger partial charge on any atom is -0.342 e. The van der Waals surface area contributed by atoms with Crippen LogP contribution in [-0.2, 0) is 9.59 Å². The summed E-state index contributed by atoms with van der Waals surface area (Å²) < 4.78 is 0. The number of amides is 4. The van der Waals surface area contributed by atoms with Crippen molar-refractivity contribution in [1.82, 2.24) is 14.7 Å². The summed E-state index contributed by atoms with van der Waals surface area (Å²) in [5, 5.41) is 3.54. The molecule has 0 radical (unpaired) electrons. The van der Waals surface area contributed by atoms with Crippen molar-refractivity contribution in [3.63, 3.8) is 0 Å². The number of nitrogens with zero attached hydrogens (tertiary/aromatic N) is 3. The Kier molecular flexibility index (Phi) is 5.19. The maximum Gasteiger partial charge on any atom is 0.321 e.